The topological polar surface area (TPSA) is 45.6 Å². The highest BCUT2D eigenvalue weighted by molar-refractivity contribution is 6.30. The largest absolute Gasteiger partial charge is 0.504 e. The highest BCUT2D eigenvalue weighted by Crippen LogP contribution is 2.38. The molecule has 4 aromatic rings. The van der Waals surface area contributed by atoms with Crippen LogP contribution in [0.1, 0.15) is 11.1 Å². The number of pyridine rings is 1. The predicted octanol–water partition coefficient (Wildman–Crippen LogP) is 5.66. The molecular formula is C25H21ClN2O2. The quantitative estimate of drug-likeness (QED) is 0.468. The second-order valence-corrected chi connectivity index (χ2v) is 7.98. The second kappa shape index (κ2) is 7.98. The van der Waals surface area contributed by atoms with Gasteiger partial charge in [-0.2, -0.15) is 0 Å². The molecule has 0 amide bonds. The molecule has 5 rings (SSSR count). The zero-order valence-electron chi connectivity index (χ0n) is 16.4. The monoisotopic (exact) mass is 416 g/mol. The number of nitrogens with zero attached hydrogens (tertiary/aromatic N) is 2. The molecule has 0 radical (unpaired) electrons. The molecule has 1 aliphatic rings. The van der Waals surface area contributed by atoms with Crippen molar-refractivity contribution in [2.45, 2.75) is 13.1 Å². The van der Waals surface area contributed by atoms with Crippen LogP contribution in [0.4, 0.5) is 0 Å². The molecular weight excluding hydrogens is 396 g/mol. The molecule has 30 heavy (non-hydrogen) atoms. The van der Waals surface area contributed by atoms with Crippen LogP contribution in [0, 0.1) is 0 Å². The smallest absolute Gasteiger partial charge is 0.165 e. The summed E-state index contributed by atoms with van der Waals surface area (Å²) in [6, 6.07) is 21.8. The molecule has 150 valence electrons. The average molecular weight is 417 g/mol. The highest BCUT2D eigenvalue weighted by atomic mass is 35.5. The van der Waals surface area contributed by atoms with E-state index in [0.29, 0.717) is 23.9 Å². The predicted molar refractivity (Wildman–Crippen MR) is 120 cm³/mol. The van der Waals surface area contributed by atoms with Crippen LogP contribution in [-0.4, -0.2) is 28.1 Å². The van der Waals surface area contributed by atoms with E-state index < -0.39 is 0 Å². The summed E-state index contributed by atoms with van der Waals surface area (Å²) in [7, 11) is 0. The minimum atomic E-state index is 0.165. The van der Waals surface area contributed by atoms with Crippen molar-refractivity contribution in [1.82, 2.24) is 9.88 Å². The van der Waals surface area contributed by atoms with Gasteiger partial charge in [-0.15, -0.1) is 0 Å². The van der Waals surface area contributed by atoms with Gasteiger partial charge in [-0.25, -0.2) is 0 Å². The number of ether oxygens (including phenoxy) is 1. The molecule has 1 aromatic heterocycles. The summed E-state index contributed by atoms with van der Waals surface area (Å²) in [6.07, 6.45) is 1.82. The van der Waals surface area contributed by atoms with Crippen molar-refractivity contribution in [3.8, 4) is 22.6 Å². The zero-order chi connectivity index (χ0) is 20.5. The standard InChI is InChI=1S/C25H21ClN2O2/c26-21-6-1-4-17(13-21)19-12-20-16-28(10-11-30-25(20)24(29)14-19)15-18-5-2-8-23-22(18)7-3-9-27-23/h1-9,12-14,29H,10-11,15-16H2. The van der Waals surface area contributed by atoms with Gasteiger partial charge in [0.25, 0.3) is 0 Å². The first kappa shape index (κ1) is 18.9. The molecule has 1 N–H and O–H groups in total. The van der Waals surface area contributed by atoms with Gasteiger partial charge in [0.2, 0.25) is 0 Å². The molecule has 5 heteroatoms. The summed E-state index contributed by atoms with van der Waals surface area (Å²) < 4.78 is 5.92. The molecule has 1 aliphatic heterocycles. The Kier molecular flexibility index (Phi) is 5.03. The maximum atomic E-state index is 10.6. The number of phenols is 1. The van der Waals surface area contributed by atoms with Crippen molar-refractivity contribution in [3.63, 3.8) is 0 Å². The number of fused-ring (bicyclic) bond motifs is 2. The average Bonchev–Trinajstić information content (AvgIpc) is 2.96. The Morgan fingerprint density at radius 2 is 1.90 bits per heavy atom. The summed E-state index contributed by atoms with van der Waals surface area (Å²) in [5, 5.41) is 12.5. The number of aromatic nitrogens is 1. The van der Waals surface area contributed by atoms with Gasteiger partial charge < -0.3 is 9.84 Å². The summed E-state index contributed by atoms with van der Waals surface area (Å²) in [5.41, 5.74) is 5.10. The second-order valence-electron chi connectivity index (χ2n) is 7.54. The van der Waals surface area contributed by atoms with Gasteiger partial charge in [-0.05, 0) is 53.1 Å². The lowest BCUT2D eigenvalue weighted by molar-refractivity contribution is 0.218. The van der Waals surface area contributed by atoms with Crippen molar-refractivity contribution >= 4 is 22.5 Å². The van der Waals surface area contributed by atoms with E-state index in [-0.39, 0.29) is 5.75 Å². The Hall–Kier alpha value is -3.08. The fourth-order valence-corrected chi connectivity index (χ4v) is 4.26. The van der Waals surface area contributed by atoms with Crippen LogP contribution in [0.15, 0.2) is 72.9 Å². The Morgan fingerprint density at radius 3 is 2.80 bits per heavy atom. The Labute approximate surface area is 180 Å². The molecule has 0 bridgehead atoms. The van der Waals surface area contributed by atoms with Crippen molar-refractivity contribution in [2.24, 2.45) is 0 Å². The Balaban J connectivity index is 1.48. The van der Waals surface area contributed by atoms with E-state index in [1.54, 1.807) is 6.07 Å². The van der Waals surface area contributed by atoms with Gasteiger partial charge in [0.15, 0.2) is 11.5 Å². The normalized spacial score (nSPS) is 14.2. The lowest BCUT2D eigenvalue weighted by Gasteiger charge is -2.20. The molecule has 0 aliphatic carbocycles. The first-order chi connectivity index (χ1) is 14.7. The van der Waals surface area contributed by atoms with Crippen LogP contribution < -0.4 is 4.74 Å². The molecule has 0 spiro atoms. The third-order valence-electron chi connectivity index (χ3n) is 5.48. The maximum Gasteiger partial charge on any atom is 0.165 e. The summed E-state index contributed by atoms with van der Waals surface area (Å²) in [4.78, 5) is 6.81. The SMILES string of the molecule is Oc1cc(-c2cccc(Cl)c2)cc2c1OCCN(Cc1cccc3ncccc13)C2. The van der Waals surface area contributed by atoms with Crippen molar-refractivity contribution < 1.29 is 9.84 Å². The van der Waals surface area contributed by atoms with E-state index in [0.717, 1.165) is 35.3 Å². The Bertz CT molecular complexity index is 1220. The van der Waals surface area contributed by atoms with Gasteiger partial charge in [-0.1, -0.05) is 41.9 Å². The summed E-state index contributed by atoms with van der Waals surface area (Å²) in [5.74, 6) is 0.738. The van der Waals surface area contributed by atoms with Gasteiger partial charge in [0, 0.05) is 41.8 Å². The van der Waals surface area contributed by atoms with Crippen LogP contribution in [0.2, 0.25) is 5.02 Å². The minimum absolute atomic E-state index is 0.165. The Morgan fingerprint density at radius 1 is 1.00 bits per heavy atom. The van der Waals surface area contributed by atoms with E-state index in [9.17, 15) is 5.11 Å². The first-order valence-corrected chi connectivity index (χ1v) is 10.3. The fourth-order valence-electron chi connectivity index (χ4n) is 4.07. The molecule has 2 heterocycles. The van der Waals surface area contributed by atoms with Crippen LogP contribution >= 0.6 is 11.6 Å². The maximum absolute atomic E-state index is 10.6. The van der Waals surface area contributed by atoms with E-state index >= 15 is 0 Å². The van der Waals surface area contributed by atoms with E-state index in [4.69, 9.17) is 16.3 Å². The molecule has 3 aromatic carbocycles. The van der Waals surface area contributed by atoms with E-state index in [2.05, 4.69) is 34.1 Å². The lowest BCUT2D eigenvalue weighted by Crippen LogP contribution is -2.25. The zero-order valence-corrected chi connectivity index (χ0v) is 17.1. The first-order valence-electron chi connectivity index (χ1n) is 9.97. The molecule has 0 fully saturated rings. The number of halogens is 1. The van der Waals surface area contributed by atoms with Crippen molar-refractivity contribution in [3.05, 3.63) is 89.1 Å². The number of hydrogen-bond donors (Lipinski definition) is 1. The van der Waals surface area contributed by atoms with E-state index in [1.807, 2.05) is 42.6 Å². The molecule has 4 nitrogen and oxygen atoms in total. The summed E-state index contributed by atoms with van der Waals surface area (Å²) >= 11 is 6.16. The minimum Gasteiger partial charge on any atom is -0.504 e. The number of rotatable bonds is 3. The van der Waals surface area contributed by atoms with Gasteiger partial charge in [0.05, 0.1) is 5.52 Å². The van der Waals surface area contributed by atoms with Gasteiger partial charge in [0.1, 0.15) is 6.61 Å². The summed E-state index contributed by atoms with van der Waals surface area (Å²) in [6.45, 7) is 2.78. The third-order valence-corrected chi connectivity index (χ3v) is 5.72. The third kappa shape index (κ3) is 3.72. The van der Waals surface area contributed by atoms with Crippen LogP contribution in [-0.2, 0) is 13.1 Å². The van der Waals surface area contributed by atoms with Crippen LogP contribution in [0.25, 0.3) is 22.0 Å². The number of phenolic OH excluding ortho intramolecular Hbond substituents is 1. The number of aromatic hydroxyl groups is 1. The van der Waals surface area contributed by atoms with Gasteiger partial charge in [-0.3, -0.25) is 9.88 Å². The number of hydrogen-bond acceptors (Lipinski definition) is 4. The molecule has 0 atom stereocenters. The highest BCUT2D eigenvalue weighted by Gasteiger charge is 2.20. The van der Waals surface area contributed by atoms with Crippen LogP contribution in [0.5, 0.6) is 11.5 Å². The lowest BCUT2D eigenvalue weighted by atomic mass is 10.0. The van der Waals surface area contributed by atoms with Crippen molar-refractivity contribution in [1.29, 1.82) is 0 Å². The molecule has 0 saturated carbocycles. The molecule has 0 unspecified atom stereocenters. The van der Waals surface area contributed by atoms with Crippen molar-refractivity contribution in [2.75, 3.05) is 13.2 Å². The van der Waals surface area contributed by atoms with Crippen LogP contribution in [0.3, 0.4) is 0 Å². The molecule has 0 saturated heterocycles. The number of benzene rings is 3. The van der Waals surface area contributed by atoms with Gasteiger partial charge >= 0.3 is 0 Å². The van der Waals surface area contributed by atoms with E-state index in [1.165, 1.54) is 10.9 Å². The fraction of sp³-hybridized carbons (Fsp3) is 0.160.